The van der Waals surface area contributed by atoms with E-state index in [4.69, 9.17) is 4.74 Å². The molecule has 0 saturated carbocycles. The van der Waals surface area contributed by atoms with E-state index in [1.165, 1.54) is 0 Å². The number of fused-ring (bicyclic) bond motifs is 1. The molecule has 1 aromatic heterocycles. The predicted octanol–water partition coefficient (Wildman–Crippen LogP) is 0.704. The fourth-order valence-corrected chi connectivity index (χ4v) is 1.85. The molecule has 1 heterocycles. The zero-order valence-corrected chi connectivity index (χ0v) is 11.6. The Morgan fingerprint density at radius 2 is 2.00 bits per heavy atom. The normalized spacial score (nSPS) is 10.5. The van der Waals surface area contributed by atoms with Crippen molar-refractivity contribution in [2.45, 2.75) is 26.3 Å². The molecule has 0 N–H and O–H groups in total. The molecule has 1 aromatic carbocycles. The summed E-state index contributed by atoms with van der Waals surface area (Å²) in [6.45, 7) is 1.78. The van der Waals surface area contributed by atoms with Crippen LogP contribution in [-0.4, -0.2) is 33.4 Å². The van der Waals surface area contributed by atoms with E-state index in [0.717, 1.165) is 4.68 Å². The number of esters is 1. The third kappa shape index (κ3) is 3.71. The van der Waals surface area contributed by atoms with Gasteiger partial charge in [0.05, 0.1) is 18.4 Å². The Bertz CT molecular complexity index is 723. The van der Waals surface area contributed by atoms with Gasteiger partial charge in [0.2, 0.25) is 0 Å². The van der Waals surface area contributed by atoms with Crippen LogP contribution in [0.3, 0.4) is 0 Å². The summed E-state index contributed by atoms with van der Waals surface area (Å²) >= 11 is 0. The van der Waals surface area contributed by atoms with Crippen LogP contribution in [0.5, 0.6) is 0 Å². The fourth-order valence-electron chi connectivity index (χ4n) is 1.85. The minimum absolute atomic E-state index is 0.00241. The van der Waals surface area contributed by atoms with Gasteiger partial charge in [-0.05, 0) is 19.1 Å². The second-order valence-electron chi connectivity index (χ2n) is 4.41. The van der Waals surface area contributed by atoms with Crippen molar-refractivity contribution in [2.24, 2.45) is 0 Å². The monoisotopic (exact) mass is 289 g/mol. The summed E-state index contributed by atoms with van der Waals surface area (Å²) in [7, 11) is 0. The zero-order valence-electron chi connectivity index (χ0n) is 11.6. The second kappa shape index (κ2) is 6.74. The highest BCUT2D eigenvalue weighted by Crippen LogP contribution is 2.03. The highest BCUT2D eigenvalue weighted by molar-refractivity contribution is 5.83. The molecular weight excluding hydrogens is 274 g/mol. The van der Waals surface area contributed by atoms with Crippen LogP contribution in [0.2, 0.25) is 0 Å². The van der Waals surface area contributed by atoms with Crippen LogP contribution in [0.15, 0.2) is 29.1 Å². The second-order valence-corrected chi connectivity index (χ2v) is 4.41. The molecule has 0 fully saturated rings. The number of hydrogen-bond donors (Lipinski definition) is 0. The topological polar surface area (TPSA) is 91.2 Å². The number of ether oxygens (including phenoxy) is 1. The van der Waals surface area contributed by atoms with Crippen LogP contribution in [0, 0.1) is 0 Å². The molecule has 0 amide bonds. The van der Waals surface area contributed by atoms with E-state index >= 15 is 0 Å². The van der Waals surface area contributed by atoms with E-state index in [0.29, 0.717) is 10.9 Å². The molecule has 21 heavy (non-hydrogen) atoms. The predicted molar refractivity (Wildman–Crippen MR) is 74.7 cm³/mol. The molecule has 7 nitrogen and oxygen atoms in total. The summed E-state index contributed by atoms with van der Waals surface area (Å²) in [5, 5.41) is 8.02. The van der Waals surface area contributed by atoms with E-state index in [1.807, 2.05) is 0 Å². The Morgan fingerprint density at radius 3 is 2.76 bits per heavy atom. The SMILES string of the molecule is CCOC(=O)CCC(=O)Cn1nnc2ccccc2c1=O. The van der Waals surface area contributed by atoms with Gasteiger partial charge in [-0.25, -0.2) is 4.68 Å². The molecule has 0 bridgehead atoms. The molecule has 0 aliphatic carbocycles. The standard InChI is InChI=1S/C14H15N3O4/c1-2-21-13(19)8-7-10(18)9-17-14(20)11-5-3-4-6-12(11)15-16-17/h3-6H,2,7-9H2,1H3. The summed E-state index contributed by atoms with van der Waals surface area (Å²) in [5.41, 5.74) is 0.114. The zero-order chi connectivity index (χ0) is 15.2. The van der Waals surface area contributed by atoms with Gasteiger partial charge >= 0.3 is 5.97 Å². The molecule has 2 aromatic rings. The number of aromatic nitrogens is 3. The Hall–Kier alpha value is -2.57. The molecule has 0 aliphatic rings. The van der Waals surface area contributed by atoms with Crippen molar-refractivity contribution in [2.75, 3.05) is 6.61 Å². The number of carbonyl (C=O) groups is 2. The summed E-state index contributed by atoms with van der Waals surface area (Å²) in [5.74, 6) is -0.697. The summed E-state index contributed by atoms with van der Waals surface area (Å²) in [4.78, 5) is 35.1. The number of hydrogen-bond acceptors (Lipinski definition) is 6. The summed E-state index contributed by atoms with van der Waals surface area (Å²) in [6.07, 6.45) is 0.0161. The van der Waals surface area contributed by atoms with Crippen molar-refractivity contribution >= 4 is 22.7 Å². The van der Waals surface area contributed by atoms with E-state index in [1.54, 1.807) is 31.2 Å². The lowest BCUT2D eigenvalue weighted by Gasteiger charge is -2.04. The van der Waals surface area contributed by atoms with Crippen molar-refractivity contribution in [3.63, 3.8) is 0 Å². The molecule has 0 aliphatic heterocycles. The molecule has 0 radical (unpaired) electrons. The Balaban J connectivity index is 2.06. The lowest BCUT2D eigenvalue weighted by atomic mass is 10.2. The number of nitrogens with zero attached hydrogens (tertiary/aromatic N) is 3. The molecule has 0 atom stereocenters. The van der Waals surface area contributed by atoms with Crippen LogP contribution < -0.4 is 5.56 Å². The molecule has 2 rings (SSSR count). The maximum absolute atomic E-state index is 12.1. The van der Waals surface area contributed by atoms with Gasteiger partial charge in [-0.15, -0.1) is 5.10 Å². The number of rotatable bonds is 6. The highest BCUT2D eigenvalue weighted by atomic mass is 16.5. The largest absolute Gasteiger partial charge is 0.466 e. The van der Waals surface area contributed by atoms with Crippen LogP contribution in [0.25, 0.3) is 10.9 Å². The van der Waals surface area contributed by atoms with Gasteiger partial charge in [0.15, 0.2) is 5.78 Å². The Labute approximate surface area is 120 Å². The van der Waals surface area contributed by atoms with Gasteiger partial charge in [-0.3, -0.25) is 14.4 Å². The Morgan fingerprint density at radius 1 is 1.24 bits per heavy atom. The van der Waals surface area contributed by atoms with Crippen molar-refractivity contribution in [1.82, 2.24) is 15.0 Å². The first-order chi connectivity index (χ1) is 10.1. The molecule has 7 heteroatoms. The van der Waals surface area contributed by atoms with Crippen LogP contribution in [0.1, 0.15) is 19.8 Å². The molecular formula is C14H15N3O4. The van der Waals surface area contributed by atoms with E-state index in [9.17, 15) is 14.4 Å². The van der Waals surface area contributed by atoms with Crippen molar-refractivity contribution in [1.29, 1.82) is 0 Å². The smallest absolute Gasteiger partial charge is 0.306 e. The third-order valence-corrected chi connectivity index (χ3v) is 2.87. The van der Waals surface area contributed by atoms with Gasteiger partial charge in [0, 0.05) is 6.42 Å². The minimum Gasteiger partial charge on any atom is -0.466 e. The number of Topliss-reactive ketones (excluding diaryl/α,β-unsaturated/α-hetero) is 1. The Kier molecular flexibility index (Phi) is 4.76. The molecule has 110 valence electrons. The van der Waals surface area contributed by atoms with Gasteiger partial charge in [-0.1, -0.05) is 17.3 Å². The number of ketones is 1. The van der Waals surface area contributed by atoms with Crippen molar-refractivity contribution < 1.29 is 14.3 Å². The first kappa shape index (κ1) is 14.8. The van der Waals surface area contributed by atoms with E-state index in [2.05, 4.69) is 10.3 Å². The summed E-state index contributed by atoms with van der Waals surface area (Å²) in [6, 6.07) is 6.78. The van der Waals surface area contributed by atoms with Crippen LogP contribution in [0.4, 0.5) is 0 Å². The lowest BCUT2D eigenvalue weighted by Crippen LogP contribution is -2.28. The average Bonchev–Trinajstić information content (AvgIpc) is 2.49. The maximum Gasteiger partial charge on any atom is 0.306 e. The lowest BCUT2D eigenvalue weighted by molar-refractivity contribution is -0.144. The van der Waals surface area contributed by atoms with Gasteiger partial charge in [-0.2, -0.15) is 0 Å². The van der Waals surface area contributed by atoms with E-state index in [-0.39, 0.29) is 37.3 Å². The third-order valence-electron chi connectivity index (χ3n) is 2.87. The van der Waals surface area contributed by atoms with Gasteiger partial charge in [0.25, 0.3) is 5.56 Å². The summed E-state index contributed by atoms with van der Waals surface area (Å²) < 4.78 is 5.75. The fraction of sp³-hybridized carbons (Fsp3) is 0.357. The number of carbonyl (C=O) groups excluding carboxylic acids is 2. The van der Waals surface area contributed by atoms with Crippen LogP contribution in [-0.2, 0) is 20.9 Å². The van der Waals surface area contributed by atoms with E-state index < -0.39 is 5.97 Å². The highest BCUT2D eigenvalue weighted by Gasteiger charge is 2.11. The first-order valence-electron chi connectivity index (χ1n) is 6.61. The molecule has 0 saturated heterocycles. The average molecular weight is 289 g/mol. The van der Waals surface area contributed by atoms with Crippen LogP contribution >= 0.6 is 0 Å². The first-order valence-corrected chi connectivity index (χ1v) is 6.61. The quantitative estimate of drug-likeness (QED) is 0.727. The van der Waals surface area contributed by atoms with Gasteiger partial charge in [0.1, 0.15) is 12.1 Å². The minimum atomic E-state index is -0.428. The van der Waals surface area contributed by atoms with Gasteiger partial charge < -0.3 is 4.74 Å². The molecule has 0 unspecified atom stereocenters. The van der Waals surface area contributed by atoms with Crippen molar-refractivity contribution in [3.05, 3.63) is 34.6 Å². The van der Waals surface area contributed by atoms with Crippen molar-refractivity contribution in [3.8, 4) is 0 Å². The number of benzene rings is 1. The molecule has 0 spiro atoms. The maximum atomic E-state index is 12.1.